The SMILES string of the molecule is [B]C(=O)NC(Cc1ccccc1)C(O)C(=O)O. The standard InChI is InChI=1S/C11H12BNO4/c12-11(17)13-8(9(14)10(15)16)6-7-4-2-1-3-5-7/h1-5,8-9,14H,6H2,(H,13,17)(H,15,16). The van der Waals surface area contributed by atoms with Gasteiger partial charge in [0.15, 0.2) is 11.9 Å². The summed E-state index contributed by atoms with van der Waals surface area (Å²) in [6.07, 6.45) is -1.50. The van der Waals surface area contributed by atoms with Crippen molar-refractivity contribution in [1.29, 1.82) is 0 Å². The Bertz CT molecular complexity index is 396. The number of aliphatic hydroxyl groups is 1. The number of rotatable bonds is 5. The zero-order valence-electron chi connectivity index (χ0n) is 9.04. The maximum Gasteiger partial charge on any atom is 0.334 e. The first-order valence-corrected chi connectivity index (χ1v) is 5.01. The van der Waals surface area contributed by atoms with Crippen molar-refractivity contribution in [2.24, 2.45) is 0 Å². The van der Waals surface area contributed by atoms with Crippen LogP contribution < -0.4 is 5.32 Å². The lowest BCUT2D eigenvalue weighted by Crippen LogP contribution is -2.48. The van der Waals surface area contributed by atoms with Gasteiger partial charge in [0.25, 0.3) is 0 Å². The second-order valence-corrected chi connectivity index (χ2v) is 3.59. The first kappa shape index (κ1) is 13.3. The molecule has 0 aliphatic heterocycles. The van der Waals surface area contributed by atoms with Crippen LogP contribution in [0.25, 0.3) is 0 Å². The van der Waals surface area contributed by atoms with E-state index >= 15 is 0 Å². The first-order chi connectivity index (χ1) is 8.00. The van der Waals surface area contributed by atoms with Gasteiger partial charge in [0.1, 0.15) is 0 Å². The van der Waals surface area contributed by atoms with Crippen LogP contribution in [0.3, 0.4) is 0 Å². The van der Waals surface area contributed by atoms with Crippen molar-refractivity contribution in [3.8, 4) is 0 Å². The summed E-state index contributed by atoms with van der Waals surface area (Å²) in [5, 5.41) is 20.3. The van der Waals surface area contributed by atoms with E-state index in [2.05, 4.69) is 5.32 Å². The molecule has 1 aromatic carbocycles. The number of carbonyl (C=O) groups is 2. The molecule has 1 rings (SSSR count). The molecule has 0 saturated carbocycles. The van der Waals surface area contributed by atoms with Crippen LogP contribution in [0.4, 0.5) is 4.79 Å². The molecule has 0 spiro atoms. The molecular formula is C11H12BNO4. The third-order valence-electron chi connectivity index (χ3n) is 2.26. The highest BCUT2D eigenvalue weighted by atomic mass is 16.4. The summed E-state index contributed by atoms with van der Waals surface area (Å²) in [6, 6.07) is 7.96. The number of aliphatic carboxylic acids is 1. The van der Waals surface area contributed by atoms with Crippen molar-refractivity contribution >= 4 is 19.6 Å². The molecule has 17 heavy (non-hydrogen) atoms. The van der Waals surface area contributed by atoms with E-state index in [0.717, 1.165) is 5.56 Å². The van der Waals surface area contributed by atoms with E-state index in [1.807, 2.05) is 6.07 Å². The summed E-state index contributed by atoms with van der Waals surface area (Å²) in [6.45, 7) is 0. The van der Waals surface area contributed by atoms with Crippen LogP contribution in [0.2, 0.25) is 0 Å². The maximum absolute atomic E-state index is 10.7. The molecule has 5 nitrogen and oxygen atoms in total. The Balaban J connectivity index is 2.77. The minimum absolute atomic E-state index is 0.192. The van der Waals surface area contributed by atoms with Gasteiger partial charge < -0.3 is 15.5 Å². The number of amides is 1. The molecule has 0 aliphatic rings. The molecule has 1 aromatic rings. The monoisotopic (exact) mass is 233 g/mol. The number of hydrogen-bond acceptors (Lipinski definition) is 3. The smallest absolute Gasteiger partial charge is 0.334 e. The summed E-state index contributed by atoms with van der Waals surface area (Å²) in [7, 11) is 4.93. The van der Waals surface area contributed by atoms with E-state index in [1.54, 1.807) is 24.3 Å². The van der Waals surface area contributed by atoms with Crippen molar-refractivity contribution in [3.05, 3.63) is 35.9 Å². The first-order valence-electron chi connectivity index (χ1n) is 5.01. The zero-order valence-corrected chi connectivity index (χ0v) is 9.04. The van der Waals surface area contributed by atoms with Gasteiger partial charge in [-0.3, -0.25) is 4.79 Å². The van der Waals surface area contributed by atoms with Gasteiger partial charge >= 0.3 is 5.97 Å². The number of carboxylic acid groups (broad SMARTS) is 1. The molecule has 3 N–H and O–H groups in total. The van der Waals surface area contributed by atoms with Gasteiger partial charge in [-0.25, -0.2) is 4.79 Å². The van der Waals surface area contributed by atoms with Crippen molar-refractivity contribution in [2.75, 3.05) is 0 Å². The summed E-state index contributed by atoms with van der Waals surface area (Å²) in [4.78, 5) is 21.4. The minimum Gasteiger partial charge on any atom is -0.479 e. The van der Waals surface area contributed by atoms with Crippen LogP contribution in [0, 0.1) is 0 Å². The Hall–Kier alpha value is -1.82. The van der Waals surface area contributed by atoms with Crippen LogP contribution in [0.15, 0.2) is 30.3 Å². The molecule has 0 aliphatic carbocycles. The Labute approximate surface area is 99.9 Å². The predicted molar refractivity (Wildman–Crippen MR) is 61.9 cm³/mol. The quantitative estimate of drug-likeness (QED) is 0.621. The average molecular weight is 233 g/mol. The van der Waals surface area contributed by atoms with E-state index < -0.39 is 23.9 Å². The number of nitrogens with one attached hydrogen (secondary N) is 1. The molecule has 0 fully saturated rings. The second-order valence-electron chi connectivity index (χ2n) is 3.59. The molecule has 0 heterocycles. The minimum atomic E-state index is -1.69. The van der Waals surface area contributed by atoms with Gasteiger partial charge in [0.2, 0.25) is 7.85 Å². The van der Waals surface area contributed by atoms with Crippen molar-refractivity contribution in [2.45, 2.75) is 18.6 Å². The van der Waals surface area contributed by atoms with E-state index in [1.165, 1.54) is 0 Å². The lowest BCUT2D eigenvalue weighted by atomic mass is 9.99. The average Bonchev–Trinajstić information content (AvgIpc) is 2.28. The molecule has 2 radical (unpaired) electrons. The fourth-order valence-electron chi connectivity index (χ4n) is 1.46. The molecule has 6 heteroatoms. The highest BCUT2D eigenvalue weighted by Crippen LogP contribution is 2.06. The number of aliphatic hydroxyl groups excluding tert-OH is 1. The van der Waals surface area contributed by atoms with Gasteiger partial charge in [-0.15, -0.1) is 0 Å². The fraction of sp³-hybridized carbons (Fsp3) is 0.273. The van der Waals surface area contributed by atoms with Crippen LogP contribution in [0.5, 0.6) is 0 Å². The van der Waals surface area contributed by atoms with Gasteiger partial charge in [-0.05, 0) is 12.0 Å². The topological polar surface area (TPSA) is 86.6 Å². The lowest BCUT2D eigenvalue weighted by Gasteiger charge is -2.21. The molecule has 88 valence electrons. The Morgan fingerprint density at radius 1 is 1.29 bits per heavy atom. The predicted octanol–water partition coefficient (Wildman–Crippen LogP) is -0.0787. The molecule has 1 amide bonds. The van der Waals surface area contributed by atoms with Crippen LogP contribution >= 0.6 is 0 Å². The van der Waals surface area contributed by atoms with Crippen molar-refractivity contribution < 1.29 is 19.8 Å². The van der Waals surface area contributed by atoms with Crippen molar-refractivity contribution in [3.63, 3.8) is 0 Å². The van der Waals surface area contributed by atoms with Crippen LogP contribution in [-0.2, 0) is 11.2 Å². The van der Waals surface area contributed by atoms with Gasteiger partial charge in [-0.2, -0.15) is 0 Å². The van der Waals surface area contributed by atoms with Gasteiger partial charge in [0, 0.05) is 0 Å². The normalized spacial score (nSPS) is 13.7. The second kappa shape index (κ2) is 6.05. The molecule has 0 bridgehead atoms. The van der Waals surface area contributed by atoms with E-state index in [-0.39, 0.29) is 6.42 Å². The Kier molecular flexibility index (Phi) is 4.72. The summed E-state index contributed by atoms with van der Waals surface area (Å²) in [5.74, 6) is -2.27. The maximum atomic E-state index is 10.7. The molecule has 2 atom stereocenters. The van der Waals surface area contributed by atoms with E-state index in [9.17, 15) is 14.7 Å². The third-order valence-corrected chi connectivity index (χ3v) is 2.26. The Morgan fingerprint density at radius 2 is 1.88 bits per heavy atom. The van der Waals surface area contributed by atoms with E-state index in [4.69, 9.17) is 13.0 Å². The lowest BCUT2D eigenvalue weighted by molar-refractivity contribution is -0.147. The van der Waals surface area contributed by atoms with Crippen molar-refractivity contribution in [1.82, 2.24) is 5.32 Å². The van der Waals surface area contributed by atoms with Gasteiger partial charge in [-0.1, -0.05) is 30.3 Å². The summed E-state index contributed by atoms with van der Waals surface area (Å²) in [5.41, 5.74) is 0.798. The molecule has 2 unspecified atom stereocenters. The number of carboxylic acids is 1. The zero-order chi connectivity index (χ0) is 12.8. The Morgan fingerprint density at radius 3 is 2.35 bits per heavy atom. The molecule has 0 saturated heterocycles. The largest absolute Gasteiger partial charge is 0.479 e. The van der Waals surface area contributed by atoms with Crippen LogP contribution in [-0.4, -0.2) is 42.0 Å². The van der Waals surface area contributed by atoms with E-state index in [0.29, 0.717) is 0 Å². The summed E-state index contributed by atoms with van der Waals surface area (Å²) < 4.78 is 0. The van der Waals surface area contributed by atoms with Crippen LogP contribution in [0.1, 0.15) is 5.56 Å². The molecular weight excluding hydrogens is 221 g/mol. The highest BCUT2D eigenvalue weighted by Gasteiger charge is 2.26. The fourth-order valence-corrected chi connectivity index (χ4v) is 1.46. The highest BCUT2D eigenvalue weighted by molar-refractivity contribution is 6.57. The third kappa shape index (κ3) is 4.28. The molecule has 0 aromatic heterocycles. The van der Waals surface area contributed by atoms with Gasteiger partial charge in [0.05, 0.1) is 6.04 Å². The number of benzene rings is 1. The number of hydrogen-bond donors (Lipinski definition) is 3. The number of carbonyl (C=O) groups excluding carboxylic acids is 1. The summed E-state index contributed by atoms with van der Waals surface area (Å²) >= 11 is 0.